The normalized spacial score (nSPS) is 11.6. The molecule has 0 amide bonds. The molecule has 0 aliphatic carbocycles. The van der Waals surface area contributed by atoms with Crippen LogP contribution in [0.15, 0.2) is 36.9 Å². The van der Waals surface area contributed by atoms with E-state index >= 15 is 0 Å². The van der Waals surface area contributed by atoms with Crippen LogP contribution in [0.5, 0.6) is 0 Å². The van der Waals surface area contributed by atoms with E-state index in [0.29, 0.717) is 5.15 Å². The first-order chi connectivity index (χ1) is 8.84. The van der Waals surface area contributed by atoms with Gasteiger partial charge >= 0.3 is 0 Å². The van der Waals surface area contributed by atoms with Crippen molar-refractivity contribution < 1.29 is 0 Å². The fraction of sp³-hybridized carbons (Fsp3) is 0. The van der Waals surface area contributed by atoms with Crippen molar-refractivity contribution in [2.24, 2.45) is 0 Å². The van der Waals surface area contributed by atoms with Gasteiger partial charge in [0.25, 0.3) is 0 Å². The second-order valence-corrected chi connectivity index (χ2v) is 4.45. The Kier molecular flexibility index (Phi) is 1.85. The fourth-order valence-electron chi connectivity index (χ4n) is 2.29. The molecule has 18 heavy (non-hydrogen) atoms. The number of hydrogen-bond donors (Lipinski definition) is 1. The van der Waals surface area contributed by atoms with Crippen molar-refractivity contribution in [3.8, 4) is 0 Å². The highest BCUT2D eigenvalue weighted by Gasteiger charge is 2.12. The van der Waals surface area contributed by atoms with E-state index in [1.165, 1.54) is 0 Å². The zero-order chi connectivity index (χ0) is 12.1. The van der Waals surface area contributed by atoms with Crippen LogP contribution in [-0.4, -0.2) is 19.9 Å². The van der Waals surface area contributed by atoms with Gasteiger partial charge < -0.3 is 4.98 Å². The number of fused-ring (bicyclic) bond motifs is 5. The Hall–Kier alpha value is -2.20. The molecule has 86 valence electrons. The smallest absolute Gasteiger partial charge is 0.139 e. The van der Waals surface area contributed by atoms with Crippen LogP contribution < -0.4 is 0 Å². The second-order valence-electron chi connectivity index (χ2n) is 4.09. The largest absolute Gasteiger partial charge is 0.354 e. The molecule has 0 aromatic carbocycles. The van der Waals surface area contributed by atoms with E-state index in [4.69, 9.17) is 11.6 Å². The minimum atomic E-state index is 0.489. The molecule has 0 aliphatic rings. The van der Waals surface area contributed by atoms with Crippen molar-refractivity contribution in [2.45, 2.75) is 0 Å². The van der Waals surface area contributed by atoms with Crippen LogP contribution >= 0.6 is 11.6 Å². The van der Waals surface area contributed by atoms with Crippen molar-refractivity contribution in [3.63, 3.8) is 0 Å². The van der Waals surface area contributed by atoms with Crippen LogP contribution in [0.1, 0.15) is 0 Å². The standard InChI is InChI=1S/C13H7ClN4/c14-13-11-7-5-15-3-1-9(7)17-12(11)8-6-16-4-2-10(8)18-13/h1-6,17H. The number of rotatable bonds is 0. The number of aromatic amines is 1. The average Bonchev–Trinajstić information content (AvgIpc) is 2.79. The Morgan fingerprint density at radius 3 is 2.67 bits per heavy atom. The highest BCUT2D eigenvalue weighted by atomic mass is 35.5. The molecule has 4 nitrogen and oxygen atoms in total. The number of H-pyrrole nitrogens is 1. The van der Waals surface area contributed by atoms with Crippen LogP contribution in [0.2, 0.25) is 5.15 Å². The highest BCUT2D eigenvalue weighted by molar-refractivity contribution is 6.38. The molecule has 0 atom stereocenters. The van der Waals surface area contributed by atoms with Crippen LogP contribution in [0.4, 0.5) is 0 Å². The molecule has 1 N–H and O–H groups in total. The minimum Gasteiger partial charge on any atom is -0.354 e. The van der Waals surface area contributed by atoms with E-state index in [1.807, 2.05) is 12.1 Å². The molecule has 4 aromatic heterocycles. The average molecular weight is 255 g/mol. The highest BCUT2D eigenvalue weighted by Crippen LogP contribution is 2.33. The van der Waals surface area contributed by atoms with Gasteiger partial charge in [-0.05, 0) is 12.1 Å². The van der Waals surface area contributed by atoms with Crippen molar-refractivity contribution in [1.29, 1.82) is 0 Å². The Morgan fingerprint density at radius 2 is 1.78 bits per heavy atom. The molecule has 0 radical (unpaired) electrons. The predicted octanol–water partition coefficient (Wildman–Crippen LogP) is 3.31. The number of pyridine rings is 3. The number of nitrogens with one attached hydrogen (secondary N) is 1. The summed E-state index contributed by atoms with van der Waals surface area (Å²) in [6.45, 7) is 0. The quantitative estimate of drug-likeness (QED) is 0.490. The van der Waals surface area contributed by atoms with Gasteiger partial charge in [0.15, 0.2) is 0 Å². The molecular weight excluding hydrogens is 248 g/mol. The summed E-state index contributed by atoms with van der Waals surface area (Å²) >= 11 is 6.28. The second kappa shape index (κ2) is 3.40. The van der Waals surface area contributed by atoms with Gasteiger partial charge in [-0.15, -0.1) is 0 Å². The van der Waals surface area contributed by atoms with Crippen LogP contribution in [0.3, 0.4) is 0 Å². The lowest BCUT2D eigenvalue weighted by molar-refractivity contribution is 1.33. The number of halogens is 1. The van der Waals surface area contributed by atoms with Crippen LogP contribution in [0, 0.1) is 0 Å². The molecule has 4 aromatic rings. The number of hydrogen-bond acceptors (Lipinski definition) is 3. The SMILES string of the molecule is Clc1nc2ccncc2c2[nH]c3ccncc3c12. The van der Waals surface area contributed by atoms with Gasteiger partial charge in [-0.3, -0.25) is 9.97 Å². The van der Waals surface area contributed by atoms with Crippen molar-refractivity contribution >= 4 is 44.3 Å². The maximum Gasteiger partial charge on any atom is 0.139 e. The number of aromatic nitrogens is 4. The van der Waals surface area contributed by atoms with Gasteiger partial charge in [-0.1, -0.05) is 11.6 Å². The van der Waals surface area contributed by atoms with E-state index in [1.54, 1.807) is 24.8 Å². The lowest BCUT2D eigenvalue weighted by Gasteiger charge is -2.00. The van der Waals surface area contributed by atoms with Gasteiger partial charge in [0.05, 0.1) is 11.0 Å². The van der Waals surface area contributed by atoms with Gasteiger partial charge in [0, 0.05) is 46.5 Å². The molecule has 0 bridgehead atoms. The third-order valence-corrected chi connectivity index (χ3v) is 3.37. The maximum atomic E-state index is 6.28. The van der Waals surface area contributed by atoms with Gasteiger partial charge in [-0.25, -0.2) is 4.98 Å². The molecule has 4 heterocycles. The van der Waals surface area contributed by atoms with Crippen LogP contribution in [0.25, 0.3) is 32.7 Å². The molecular formula is C13H7ClN4. The molecule has 0 unspecified atom stereocenters. The lowest BCUT2D eigenvalue weighted by Crippen LogP contribution is -1.84. The van der Waals surface area contributed by atoms with Gasteiger partial charge in [0.1, 0.15) is 5.15 Å². The van der Waals surface area contributed by atoms with Gasteiger partial charge in [0.2, 0.25) is 0 Å². The van der Waals surface area contributed by atoms with E-state index in [-0.39, 0.29) is 0 Å². The zero-order valence-corrected chi connectivity index (χ0v) is 9.94. The summed E-state index contributed by atoms with van der Waals surface area (Å²) in [4.78, 5) is 16.0. The Balaban J connectivity index is 2.38. The number of nitrogens with zero attached hydrogens (tertiary/aromatic N) is 3. The summed E-state index contributed by atoms with van der Waals surface area (Å²) in [6.07, 6.45) is 7.05. The van der Waals surface area contributed by atoms with Gasteiger partial charge in [-0.2, -0.15) is 0 Å². The first kappa shape index (κ1) is 9.79. The van der Waals surface area contributed by atoms with E-state index in [9.17, 15) is 0 Å². The third-order valence-electron chi connectivity index (χ3n) is 3.09. The molecule has 0 fully saturated rings. The van der Waals surface area contributed by atoms with Crippen LogP contribution in [-0.2, 0) is 0 Å². The minimum absolute atomic E-state index is 0.489. The summed E-state index contributed by atoms with van der Waals surface area (Å²) in [6, 6.07) is 3.78. The molecule has 0 saturated heterocycles. The molecule has 4 rings (SSSR count). The van der Waals surface area contributed by atoms with Crippen molar-refractivity contribution in [2.75, 3.05) is 0 Å². The lowest BCUT2D eigenvalue weighted by atomic mass is 10.2. The Morgan fingerprint density at radius 1 is 1.00 bits per heavy atom. The first-order valence-electron chi connectivity index (χ1n) is 5.49. The topological polar surface area (TPSA) is 54.5 Å². The first-order valence-corrected chi connectivity index (χ1v) is 5.87. The monoisotopic (exact) mass is 254 g/mol. The summed E-state index contributed by atoms with van der Waals surface area (Å²) < 4.78 is 0. The summed E-state index contributed by atoms with van der Waals surface area (Å²) in [5.41, 5.74) is 2.79. The van der Waals surface area contributed by atoms with E-state index in [0.717, 1.165) is 32.7 Å². The fourth-order valence-corrected chi connectivity index (χ4v) is 2.58. The maximum absolute atomic E-state index is 6.28. The summed E-state index contributed by atoms with van der Waals surface area (Å²) in [5.74, 6) is 0. The molecule has 0 saturated carbocycles. The van der Waals surface area contributed by atoms with E-state index in [2.05, 4.69) is 19.9 Å². The summed E-state index contributed by atoms with van der Waals surface area (Å²) in [5, 5.41) is 3.34. The molecule has 0 aliphatic heterocycles. The van der Waals surface area contributed by atoms with E-state index < -0.39 is 0 Å². The van der Waals surface area contributed by atoms with Crippen molar-refractivity contribution in [3.05, 3.63) is 42.1 Å². The third kappa shape index (κ3) is 1.18. The Bertz CT molecular complexity index is 897. The Labute approximate surface area is 107 Å². The molecule has 5 heteroatoms. The zero-order valence-electron chi connectivity index (χ0n) is 9.18. The molecule has 0 spiro atoms. The van der Waals surface area contributed by atoms with Crippen molar-refractivity contribution in [1.82, 2.24) is 19.9 Å². The predicted molar refractivity (Wildman–Crippen MR) is 71.7 cm³/mol. The summed E-state index contributed by atoms with van der Waals surface area (Å²) in [7, 11) is 0.